The van der Waals surface area contributed by atoms with Crippen LogP contribution in [0.5, 0.6) is 0 Å². The molecule has 9 nitrogen and oxygen atoms in total. The molecule has 2 aromatic rings. The average Bonchev–Trinajstić information content (AvgIpc) is 3.13. The molecule has 0 spiro atoms. The van der Waals surface area contributed by atoms with Crippen molar-refractivity contribution in [1.29, 1.82) is 0 Å². The predicted molar refractivity (Wildman–Crippen MR) is 131 cm³/mol. The number of benzene rings is 2. The fourth-order valence-corrected chi connectivity index (χ4v) is 4.80. The van der Waals surface area contributed by atoms with Crippen molar-refractivity contribution in [2.75, 3.05) is 25.2 Å². The molecule has 1 aliphatic carbocycles. The molecule has 0 fully saturated rings. The number of fused-ring (bicyclic) bond motifs is 3. The summed E-state index contributed by atoms with van der Waals surface area (Å²) in [5, 5.41) is 14.1. The predicted octanol–water partition coefficient (Wildman–Crippen LogP) is 2.56. The Hall–Kier alpha value is -3.40. The fourth-order valence-electron chi connectivity index (χ4n) is 4.14. The van der Waals surface area contributed by atoms with Gasteiger partial charge in [-0.15, -0.1) is 0 Å². The van der Waals surface area contributed by atoms with Gasteiger partial charge in [0.05, 0.1) is 11.7 Å². The Labute approximate surface area is 204 Å². The van der Waals surface area contributed by atoms with Crippen molar-refractivity contribution in [1.82, 2.24) is 10.6 Å². The number of carbonyl (C=O) groups is 3. The lowest BCUT2D eigenvalue weighted by molar-refractivity contribution is -0.141. The van der Waals surface area contributed by atoms with Crippen LogP contribution in [0.3, 0.4) is 0 Å². The van der Waals surface area contributed by atoms with Gasteiger partial charge in [0, 0.05) is 18.7 Å². The van der Waals surface area contributed by atoms with Gasteiger partial charge in [0.25, 0.3) is 0 Å². The summed E-state index contributed by atoms with van der Waals surface area (Å²) in [5.41, 5.74) is 4.22. The van der Waals surface area contributed by atoms with Gasteiger partial charge in [-0.3, -0.25) is 9.59 Å². The van der Waals surface area contributed by atoms with E-state index >= 15 is 0 Å². The van der Waals surface area contributed by atoms with Gasteiger partial charge in [0.1, 0.15) is 22.5 Å². The van der Waals surface area contributed by atoms with E-state index in [1.54, 1.807) is 6.92 Å². The Morgan fingerprint density at radius 2 is 1.60 bits per heavy atom. The van der Waals surface area contributed by atoms with E-state index in [0.29, 0.717) is 6.42 Å². The van der Waals surface area contributed by atoms with E-state index in [4.69, 9.17) is 4.74 Å². The molecule has 2 unspecified atom stereocenters. The summed E-state index contributed by atoms with van der Waals surface area (Å²) in [6, 6.07) is 14.5. The molecular weight excluding hydrogens is 472 g/mol. The molecule has 0 saturated carbocycles. The Bertz CT molecular complexity index is 1150. The van der Waals surface area contributed by atoms with Crippen LogP contribution in [0.4, 0.5) is 4.79 Å². The first-order valence-electron chi connectivity index (χ1n) is 11.4. The number of rotatable bonds is 11. The first kappa shape index (κ1) is 26.2. The largest absolute Gasteiger partial charge is 0.481 e. The number of hydrogen-bond donors (Lipinski definition) is 3. The van der Waals surface area contributed by atoms with Crippen molar-refractivity contribution in [3.05, 3.63) is 59.7 Å². The highest BCUT2D eigenvalue weighted by atomic mass is 32.2. The number of hydrogen-bond acceptors (Lipinski definition) is 6. The lowest BCUT2D eigenvalue weighted by Gasteiger charge is -2.20. The van der Waals surface area contributed by atoms with Gasteiger partial charge in [-0.1, -0.05) is 55.5 Å². The molecule has 2 atom stereocenters. The Balaban J connectivity index is 1.66. The zero-order chi connectivity index (χ0) is 25.6. The van der Waals surface area contributed by atoms with Crippen molar-refractivity contribution in [2.24, 2.45) is 5.92 Å². The summed E-state index contributed by atoms with van der Waals surface area (Å²) in [4.78, 5) is 36.5. The zero-order valence-corrected chi connectivity index (χ0v) is 20.5. The number of alkyl carbamates (subject to hydrolysis) is 1. The number of sulfone groups is 1. The molecule has 0 aliphatic heterocycles. The van der Waals surface area contributed by atoms with E-state index < -0.39 is 39.8 Å². The Morgan fingerprint density at radius 1 is 1.03 bits per heavy atom. The molecule has 0 saturated heterocycles. The van der Waals surface area contributed by atoms with Gasteiger partial charge >= 0.3 is 12.1 Å². The van der Waals surface area contributed by atoms with Gasteiger partial charge in [-0.25, -0.2) is 13.2 Å². The minimum Gasteiger partial charge on any atom is -0.481 e. The van der Waals surface area contributed by atoms with Crippen molar-refractivity contribution >= 4 is 27.8 Å². The summed E-state index contributed by atoms with van der Waals surface area (Å²) in [6.45, 7) is 1.59. The molecular formula is C25H30N2O7S. The number of aliphatic carboxylic acids is 1. The topological polar surface area (TPSA) is 139 Å². The first-order chi connectivity index (χ1) is 16.6. The Kier molecular flexibility index (Phi) is 8.50. The maximum Gasteiger partial charge on any atom is 0.407 e. The smallest absolute Gasteiger partial charge is 0.407 e. The van der Waals surface area contributed by atoms with Crippen LogP contribution in [0.1, 0.15) is 36.8 Å². The summed E-state index contributed by atoms with van der Waals surface area (Å²) >= 11 is 0. The quantitative estimate of drug-likeness (QED) is 0.429. The summed E-state index contributed by atoms with van der Waals surface area (Å²) in [5.74, 6) is -3.00. The average molecular weight is 503 g/mol. The molecule has 0 aromatic heterocycles. The highest BCUT2D eigenvalue weighted by molar-refractivity contribution is 7.90. The number of carboxylic acid groups (broad SMARTS) is 1. The number of nitrogens with one attached hydrogen (secondary N) is 2. The minimum atomic E-state index is -3.40. The second-order valence-electron chi connectivity index (χ2n) is 8.63. The van der Waals surface area contributed by atoms with E-state index in [9.17, 15) is 27.9 Å². The van der Waals surface area contributed by atoms with Gasteiger partial charge in [0.15, 0.2) is 0 Å². The minimum absolute atomic E-state index is 0.0389. The van der Waals surface area contributed by atoms with Crippen LogP contribution in [-0.2, 0) is 24.2 Å². The first-order valence-corrected chi connectivity index (χ1v) is 13.5. The summed E-state index contributed by atoms with van der Waals surface area (Å²) in [6.07, 6.45) is 0.320. The van der Waals surface area contributed by atoms with E-state index in [1.807, 2.05) is 48.5 Å². The molecule has 10 heteroatoms. The Morgan fingerprint density at radius 3 is 2.11 bits per heavy atom. The number of carbonyl (C=O) groups excluding carboxylic acids is 2. The van der Waals surface area contributed by atoms with Crippen molar-refractivity contribution in [3.63, 3.8) is 0 Å². The summed E-state index contributed by atoms with van der Waals surface area (Å²) < 4.78 is 28.7. The maximum atomic E-state index is 12.7. The third-order valence-electron chi connectivity index (χ3n) is 6.09. The maximum absolute atomic E-state index is 12.7. The lowest BCUT2D eigenvalue weighted by Crippen LogP contribution is -2.49. The van der Waals surface area contributed by atoms with Crippen LogP contribution >= 0.6 is 0 Å². The van der Waals surface area contributed by atoms with Gasteiger partial charge in [-0.2, -0.15) is 0 Å². The van der Waals surface area contributed by atoms with E-state index in [1.165, 1.54) is 0 Å². The SMILES string of the molecule is CCC(CNC(=O)C(CCS(C)(=O)=O)NC(=O)OCC1c2ccccc2-c2ccccc21)C(=O)O. The zero-order valence-electron chi connectivity index (χ0n) is 19.7. The van der Waals surface area contributed by atoms with E-state index in [2.05, 4.69) is 10.6 Å². The molecule has 2 amide bonds. The molecule has 0 heterocycles. The van der Waals surface area contributed by atoms with E-state index in [-0.39, 0.29) is 31.2 Å². The van der Waals surface area contributed by atoms with Crippen molar-refractivity contribution in [2.45, 2.75) is 31.7 Å². The second kappa shape index (κ2) is 11.4. The number of carboxylic acids is 1. The standard InChI is InChI=1S/C25H30N2O7S/c1-3-16(24(29)30)14-26-23(28)22(12-13-35(2,32)33)27-25(31)34-15-21-19-10-6-4-8-17(19)18-9-5-7-11-20(18)21/h4-11,16,21-22H,3,12-15H2,1-2H3,(H,26,28)(H,27,31)(H,29,30). The lowest BCUT2D eigenvalue weighted by atomic mass is 9.98. The normalized spacial score (nSPS) is 14.3. The van der Waals surface area contributed by atoms with Crippen LogP contribution in [0.15, 0.2) is 48.5 Å². The molecule has 3 rings (SSSR count). The monoisotopic (exact) mass is 502 g/mol. The van der Waals surface area contributed by atoms with Crippen LogP contribution in [0.2, 0.25) is 0 Å². The highest BCUT2D eigenvalue weighted by Crippen LogP contribution is 2.44. The highest BCUT2D eigenvalue weighted by Gasteiger charge is 2.30. The summed E-state index contributed by atoms with van der Waals surface area (Å²) in [7, 11) is -3.40. The third kappa shape index (κ3) is 6.82. The molecule has 3 N–H and O–H groups in total. The molecule has 35 heavy (non-hydrogen) atoms. The van der Waals surface area contributed by atoms with Crippen molar-refractivity contribution < 1.29 is 32.6 Å². The van der Waals surface area contributed by atoms with Crippen LogP contribution in [-0.4, -0.2) is 62.7 Å². The molecule has 0 bridgehead atoms. The van der Waals surface area contributed by atoms with Crippen LogP contribution in [0, 0.1) is 5.92 Å². The molecule has 2 aromatic carbocycles. The fraction of sp³-hybridized carbons (Fsp3) is 0.400. The van der Waals surface area contributed by atoms with Crippen molar-refractivity contribution in [3.8, 4) is 11.1 Å². The molecule has 0 radical (unpaired) electrons. The number of ether oxygens (including phenoxy) is 1. The molecule has 188 valence electrons. The third-order valence-corrected chi connectivity index (χ3v) is 7.07. The number of amides is 2. The molecule has 1 aliphatic rings. The second-order valence-corrected chi connectivity index (χ2v) is 10.9. The van der Waals surface area contributed by atoms with Gasteiger partial charge in [0.2, 0.25) is 5.91 Å². The van der Waals surface area contributed by atoms with Crippen LogP contribution < -0.4 is 10.6 Å². The van der Waals surface area contributed by atoms with Gasteiger partial charge < -0.3 is 20.5 Å². The van der Waals surface area contributed by atoms with E-state index in [0.717, 1.165) is 28.5 Å². The van der Waals surface area contributed by atoms with Crippen LogP contribution in [0.25, 0.3) is 11.1 Å². The van der Waals surface area contributed by atoms with Gasteiger partial charge in [-0.05, 0) is 35.1 Å².